The van der Waals surface area contributed by atoms with Gasteiger partial charge in [0.2, 0.25) is 0 Å². The van der Waals surface area contributed by atoms with Crippen LogP contribution in [0.3, 0.4) is 0 Å². The van der Waals surface area contributed by atoms with Gasteiger partial charge in [-0.3, -0.25) is 0 Å². The molecule has 3 heteroatoms. The maximum absolute atomic E-state index is 6.05. The van der Waals surface area contributed by atoms with E-state index in [-0.39, 0.29) is 12.4 Å². The maximum atomic E-state index is 6.05. The Kier molecular flexibility index (Phi) is 8.29. The van der Waals surface area contributed by atoms with Gasteiger partial charge in [-0.25, -0.2) is 0 Å². The van der Waals surface area contributed by atoms with Crippen molar-refractivity contribution in [2.45, 2.75) is 32.6 Å². The number of fused-ring (bicyclic) bond motifs is 1. The van der Waals surface area contributed by atoms with Gasteiger partial charge in [0, 0.05) is 12.1 Å². The Morgan fingerprint density at radius 1 is 1.00 bits per heavy atom. The second-order valence-electron chi connectivity index (χ2n) is 5.87. The number of likely N-dealkylation sites (N-methyl/N-ethyl adjacent to an activating group) is 1. The lowest BCUT2D eigenvalue weighted by Gasteiger charge is -2.16. The zero-order chi connectivity index (χ0) is 15.1. The number of rotatable bonds is 8. The highest BCUT2D eigenvalue weighted by Crippen LogP contribution is 2.29. The second kappa shape index (κ2) is 9.70. The molecule has 0 atom stereocenters. The van der Waals surface area contributed by atoms with Crippen molar-refractivity contribution in [3.8, 4) is 5.75 Å². The molecule has 0 fully saturated rings. The molecule has 0 saturated carbocycles. The highest BCUT2D eigenvalue weighted by atomic mass is 35.5. The molecule has 2 rings (SSSR count). The zero-order valence-electron chi connectivity index (χ0n) is 13.9. The molecule has 122 valence electrons. The molecule has 0 aromatic heterocycles. The molecule has 0 amide bonds. The molecule has 0 aliphatic rings. The monoisotopic (exact) mass is 320 g/mol. The normalized spacial score (nSPS) is 10.7. The molecule has 0 spiro atoms. The zero-order valence-corrected chi connectivity index (χ0v) is 14.7. The summed E-state index contributed by atoms with van der Waals surface area (Å²) in [6.45, 7) is 3.94. The van der Waals surface area contributed by atoms with Crippen LogP contribution in [-0.2, 0) is 6.42 Å². The number of ether oxygens (including phenoxy) is 1. The topological polar surface area (TPSA) is 12.5 Å². The SMILES string of the molecule is CCCCCc1c(OCCN(C)C)ccc2ccccc12.[Cl-]. The first-order chi connectivity index (χ1) is 10.2. The van der Waals surface area contributed by atoms with Crippen LogP contribution in [0.2, 0.25) is 0 Å². The summed E-state index contributed by atoms with van der Waals surface area (Å²) in [6.07, 6.45) is 4.86. The van der Waals surface area contributed by atoms with Crippen LogP contribution < -0.4 is 17.1 Å². The predicted octanol–water partition coefficient (Wildman–Crippen LogP) is 1.52. The average Bonchev–Trinajstić information content (AvgIpc) is 2.48. The minimum absolute atomic E-state index is 0. The van der Waals surface area contributed by atoms with Crippen molar-refractivity contribution in [2.75, 3.05) is 27.2 Å². The van der Waals surface area contributed by atoms with Gasteiger partial charge in [0.25, 0.3) is 0 Å². The largest absolute Gasteiger partial charge is 1.00 e. The Morgan fingerprint density at radius 3 is 2.50 bits per heavy atom. The molecule has 2 aromatic rings. The van der Waals surface area contributed by atoms with E-state index in [1.54, 1.807) is 0 Å². The van der Waals surface area contributed by atoms with Crippen molar-refractivity contribution in [1.29, 1.82) is 0 Å². The Bertz CT molecular complexity index is 568. The third kappa shape index (κ3) is 5.19. The number of hydrogen-bond donors (Lipinski definition) is 0. The number of benzene rings is 2. The summed E-state index contributed by atoms with van der Waals surface area (Å²) in [5, 5.41) is 2.65. The van der Waals surface area contributed by atoms with Crippen LogP contribution in [0.4, 0.5) is 0 Å². The molecule has 0 heterocycles. The lowest BCUT2D eigenvalue weighted by Crippen LogP contribution is -3.00. The van der Waals surface area contributed by atoms with Crippen molar-refractivity contribution in [2.24, 2.45) is 0 Å². The van der Waals surface area contributed by atoms with Gasteiger partial charge in [-0.2, -0.15) is 0 Å². The van der Waals surface area contributed by atoms with Gasteiger partial charge in [0.15, 0.2) is 0 Å². The number of halogens is 1. The standard InChI is InChI=1S/C19H27NO.ClH/c1-4-5-6-11-18-17-10-8-7-9-16(17)12-13-19(18)21-15-14-20(2)3;/h7-10,12-13H,4-6,11,14-15H2,1-3H3;1H/p-1. The predicted molar refractivity (Wildman–Crippen MR) is 91.2 cm³/mol. The van der Waals surface area contributed by atoms with E-state index in [1.807, 2.05) is 0 Å². The van der Waals surface area contributed by atoms with Gasteiger partial charge >= 0.3 is 0 Å². The Morgan fingerprint density at radius 2 is 1.77 bits per heavy atom. The molecule has 0 bridgehead atoms. The molecule has 2 nitrogen and oxygen atoms in total. The van der Waals surface area contributed by atoms with Crippen molar-refractivity contribution in [1.82, 2.24) is 4.90 Å². The van der Waals surface area contributed by atoms with Crippen LogP contribution in [0.15, 0.2) is 36.4 Å². The van der Waals surface area contributed by atoms with E-state index in [1.165, 1.54) is 35.6 Å². The number of unbranched alkanes of at least 4 members (excludes halogenated alkanes) is 2. The van der Waals surface area contributed by atoms with Crippen molar-refractivity contribution < 1.29 is 17.1 Å². The first kappa shape index (κ1) is 18.8. The van der Waals surface area contributed by atoms with Gasteiger partial charge in [-0.05, 0) is 43.8 Å². The van der Waals surface area contributed by atoms with Crippen LogP contribution in [0.25, 0.3) is 10.8 Å². The Balaban J connectivity index is 0.00000242. The molecular formula is C19H27ClNO-. The van der Waals surface area contributed by atoms with E-state index in [2.05, 4.69) is 62.3 Å². The second-order valence-corrected chi connectivity index (χ2v) is 5.87. The number of hydrogen-bond acceptors (Lipinski definition) is 2. The molecule has 0 saturated heterocycles. The summed E-state index contributed by atoms with van der Waals surface area (Å²) in [4.78, 5) is 2.15. The third-order valence-corrected chi connectivity index (χ3v) is 3.82. The fraction of sp³-hybridized carbons (Fsp3) is 0.474. The Hall–Kier alpha value is -1.25. The summed E-state index contributed by atoms with van der Waals surface area (Å²) in [5.41, 5.74) is 1.38. The summed E-state index contributed by atoms with van der Waals surface area (Å²) < 4.78 is 6.05. The first-order valence-electron chi connectivity index (χ1n) is 8.00. The maximum Gasteiger partial charge on any atom is 0.123 e. The van der Waals surface area contributed by atoms with Crippen molar-refractivity contribution in [3.63, 3.8) is 0 Å². The van der Waals surface area contributed by atoms with Gasteiger partial charge in [0.1, 0.15) is 12.4 Å². The molecule has 2 aromatic carbocycles. The summed E-state index contributed by atoms with van der Waals surface area (Å²) in [5.74, 6) is 1.06. The molecule has 0 unspecified atom stereocenters. The fourth-order valence-electron chi connectivity index (χ4n) is 2.60. The van der Waals surface area contributed by atoms with Gasteiger partial charge in [0.05, 0.1) is 0 Å². The number of nitrogens with zero attached hydrogens (tertiary/aromatic N) is 1. The van der Waals surface area contributed by atoms with Crippen LogP contribution in [0.5, 0.6) is 5.75 Å². The fourth-order valence-corrected chi connectivity index (χ4v) is 2.60. The van der Waals surface area contributed by atoms with Crippen molar-refractivity contribution >= 4 is 10.8 Å². The number of aryl methyl sites for hydroxylation is 1. The first-order valence-corrected chi connectivity index (χ1v) is 8.00. The van der Waals surface area contributed by atoms with Gasteiger partial charge in [-0.1, -0.05) is 50.1 Å². The molecule has 0 radical (unpaired) electrons. The third-order valence-electron chi connectivity index (χ3n) is 3.82. The van der Waals surface area contributed by atoms with Crippen molar-refractivity contribution in [3.05, 3.63) is 42.0 Å². The lowest BCUT2D eigenvalue weighted by atomic mass is 9.98. The summed E-state index contributed by atoms with van der Waals surface area (Å²) >= 11 is 0. The molecule has 0 N–H and O–H groups in total. The van der Waals surface area contributed by atoms with E-state index in [0.717, 1.165) is 25.3 Å². The van der Waals surface area contributed by atoms with E-state index in [4.69, 9.17) is 4.74 Å². The Labute approximate surface area is 140 Å². The minimum atomic E-state index is 0. The van der Waals surface area contributed by atoms with Crippen LogP contribution >= 0.6 is 0 Å². The minimum Gasteiger partial charge on any atom is -1.00 e. The summed E-state index contributed by atoms with van der Waals surface area (Å²) in [6, 6.07) is 12.9. The smallest absolute Gasteiger partial charge is 0.123 e. The van der Waals surface area contributed by atoms with Crippen LogP contribution in [0.1, 0.15) is 31.7 Å². The quantitative estimate of drug-likeness (QED) is 0.684. The molecular weight excluding hydrogens is 294 g/mol. The van der Waals surface area contributed by atoms with E-state index < -0.39 is 0 Å². The van der Waals surface area contributed by atoms with Crippen LogP contribution in [-0.4, -0.2) is 32.1 Å². The molecule has 0 aliphatic heterocycles. The van der Waals surface area contributed by atoms with Gasteiger partial charge < -0.3 is 22.0 Å². The average molecular weight is 321 g/mol. The highest BCUT2D eigenvalue weighted by molar-refractivity contribution is 5.87. The molecule has 0 aliphatic carbocycles. The summed E-state index contributed by atoms with van der Waals surface area (Å²) in [7, 11) is 4.15. The van der Waals surface area contributed by atoms with Crippen LogP contribution in [0, 0.1) is 0 Å². The lowest BCUT2D eigenvalue weighted by molar-refractivity contribution is -0.00000496. The van der Waals surface area contributed by atoms with E-state index in [0.29, 0.717) is 0 Å². The van der Waals surface area contributed by atoms with Gasteiger partial charge in [-0.15, -0.1) is 0 Å². The highest BCUT2D eigenvalue weighted by Gasteiger charge is 2.08. The van der Waals surface area contributed by atoms with E-state index in [9.17, 15) is 0 Å². The van der Waals surface area contributed by atoms with E-state index >= 15 is 0 Å². The molecule has 22 heavy (non-hydrogen) atoms.